The van der Waals surface area contributed by atoms with Crippen molar-refractivity contribution in [3.63, 3.8) is 0 Å². The smallest absolute Gasteiger partial charge is 0.324 e. The number of ether oxygens (including phenoxy) is 1. The highest BCUT2D eigenvalue weighted by Crippen LogP contribution is 2.35. The minimum atomic E-state index is -0.0490. The Morgan fingerprint density at radius 2 is 1.84 bits per heavy atom. The second-order valence-corrected chi connectivity index (χ2v) is 8.58. The number of piperidine rings is 1. The van der Waals surface area contributed by atoms with Crippen molar-refractivity contribution in [2.75, 3.05) is 31.1 Å². The van der Waals surface area contributed by atoms with Crippen LogP contribution >= 0.6 is 0 Å². The number of rotatable bonds is 4. The summed E-state index contributed by atoms with van der Waals surface area (Å²) in [7, 11) is 0. The SMILES string of the molecule is Cc1ccc2c(c1)N(C(=O)N1CCC(C(=O)NCCc3ccccc3)CC1)C[C@H](C)O2. The van der Waals surface area contributed by atoms with Crippen molar-refractivity contribution < 1.29 is 14.3 Å². The van der Waals surface area contributed by atoms with Crippen molar-refractivity contribution in [2.24, 2.45) is 5.92 Å². The molecule has 3 amide bonds. The van der Waals surface area contributed by atoms with Crippen LogP contribution in [0, 0.1) is 12.8 Å². The summed E-state index contributed by atoms with van der Waals surface area (Å²) in [5, 5.41) is 3.06. The van der Waals surface area contributed by atoms with Crippen LogP contribution in [-0.4, -0.2) is 49.1 Å². The number of anilines is 1. The minimum Gasteiger partial charge on any atom is -0.487 e. The number of urea groups is 1. The van der Waals surface area contributed by atoms with Gasteiger partial charge in [-0.3, -0.25) is 9.69 Å². The quantitative estimate of drug-likeness (QED) is 0.817. The summed E-state index contributed by atoms with van der Waals surface area (Å²) in [4.78, 5) is 29.5. The monoisotopic (exact) mass is 421 g/mol. The number of fused-ring (bicyclic) bond motifs is 1. The van der Waals surface area contributed by atoms with E-state index in [2.05, 4.69) is 17.4 Å². The summed E-state index contributed by atoms with van der Waals surface area (Å²) in [5.74, 6) is 0.826. The highest BCUT2D eigenvalue weighted by Gasteiger charge is 2.33. The number of carbonyl (C=O) groups is 2. The normalized spacial score (nSPS) is 18.8. The Balaban J connectivity index is 1.30. The van der Waals surface area contributed by atoms with E-state index in [0.29, 0.717) is 39.0 Å². The van der Waals surface area contributed by atoms with Crippen LogP contribution in [0.15, 0.2) is 48.5 Å². The Hall–Kier alpha value is -3.02. The van der Waals surface area contributed by atoms with Gasteiger partial charge in [-0.2, -0.15) is 0 Å². The number of nitrogens with one attached hydrogen (secondary N) is 1. The van der Waals surface area contributed by atoms with Crippen molar-refractivity contribution in [1.82, 2.24) is 10.2 Å². The molecule has 6 heteroatoms. The van der Waals surface area contributed by atoms with Gasteiger partial charge in [0.15, 0.2) is 0 Å². The van der Waals surface area contributed by atoms with Gasteiger partial charge in [0.05, 0.1) is 12.2 Å². The molecule has 0 saturated carbocycles. The second-order valence-electron chi connectivity index (χ2n) is 8.58. The van der Waals surface area contributed by atoms with Crippen LogP contribution < -0.4 is 15.0 Å². The van der Waals surface area contributed by atoms with E-state index in [0.717, 1.165) is 23.4 Å². The molecule has 0 spiro atoms. The maximum Gasteiger partial charge on any atom is 0.324 e. The zero-order valence-corrected chi connectivity index (χ0v) is 18.3. The van der Waals surface area contributed by atoms with Crippen LogP contribution in [0.25, 0.3) is 0 Å². The molecule has 1 N–H and O–H groups in total. The van der Waals surface area contributed by atoms with Crippen molar-refractivity contribution in [3.05, 3.63) is 59.7 Å². The lowest BCUT2D eigenvalue weighted by atomic mass is 9.96. The fraction of sp³-hybridized carbons (Fsp3) is 0.440. The summed E-state index contributed by atoms with van der Waals surface area (Å²) < 4.78 is 5.91. The zero-order valence-electron chi connectivity index (χ0n) is 18.3. The molecule has 1 atom stereocenters. The van der Waals surface area contributed by atoms with Gasteiger partial charge >= 0.3 is 6.03 Å². The van der Waals surface area contributed by atoms with Gasteiger partial charge in [0.25, 0.3) is 0 Å². The number of aryl methyl sites for hydroxylation is 1. The van der Waals surface area contributed by atoms with E-state index >= 15 is 0 Å². The van der Waals surface area contributed by atoms with Crippen LogP contribution in [0.2, 0.25) is 0 Å². The standard InChI is InChI=1S/C25H31N3O3/c1-18-8-9-23-22(16-18)28(17-19(2)31-23)25(30)27-14-11-21(12-15-27)24(29)26-13-10-20-6-4-3-5-7-20/h3-9,16,19,21H,10-15,17H2,1-2H3,(H,26,29)/t19-/m0/s1. The lowest BCUT2D eigenvalue weighted by Crippen LogP contribution is -2.52. The lowest BCUT2D eigenvalue weighted by Gasteiger charge is -2.39. The van der Waals surface area contributed by atoms with Crippen LogP contribution in [-0.2, 0) is 11.2 Å². The first-order valence-corrected chi connectivity index (χ1v) is 11.2. The van der Waals surface area contributed by atoms with Crippen molar-refractivity contribution >= 4 is 17.6 Å². The van der Waals surface area contributed by atoms with Crippen molar-refractivity contribution in [1.29, 1.82) is 0 Å². The molecule has 1 saturated heterocycles. The van der Waals surface area contributed by atoms with Crippen molar-refractivity contribution in [3.8, 4) is 5.75 Å². The van der Waals surface area contributed by atoms with Gasteiger partial charge in [-0.15, -0.1) is 0 Å². The average molecular weight is 422 g/mol. The topological polar surface area (TPSA) is 61.9 Å². The Morgan fingerprint density at radius 1 is 1.10 bits per heavy atom. The van der Waals surface area contributed by atoms with Gasteiger partial charge in [-0.05, 0) is 56.4 Å². The summed E-state index contributed by atoms with van der Waals surface area (Å²) in [6.07, 6.45) is 2.18. The molecular weight excluding hydrogens is 390 g/mol. The molecule has 164 valence electrons. The summed E-state index contributed by atoms with van der Waals surface area (Å²) >= 11 is 0. The number of hydrogen-bond donors (Lipinski definition) is 1. The lowest BCUT2D eigenvalue weighted by molar-refractivity contribution is -0.126. The summed E-state index contributed by atoms with van der Waals surface area (Å²) in [6.45, 7) is 6.38. The van der Waals surface area contributed by atoms with Crippen LogP contribution in [0.4, 0.5) is 10.5 Å². The van der Waals surface area contributed by atoms with E-state index < -0.39 is 0 Å². The molecule has 0 unspecified atom stereocenters. The summed E-state index contributed by atoms with van der Waals surface area (Å²) in [6, 6.07) is 16.1. The summed E-state index contributed by atoms with van der Waals surface area (Å²) in [5.41, 5.74) is 3.16. The predicted octanol–water partition coefficient (Wildman–Crippen LogP) is 3.77. The van der Waals surface area contributed by atoms with Gasteiger partial charge in [-0.1, -0.05) is 36.4 Å². The third kappa shape index (κ3) is 5.01. The maximum atomic E-state index is 13.3. The van der Waals surface area contributed by atoms with E-state index in [1.165, 1.54) is 5.56 Å². The van der Waals surface area contributed by atoms with E-state index in [-0.39, 0.29) is 24.0 Å². The van der Waals surface area contributed by atoms with Gasteiger partial charge in [-0.25, -0.2) is 4.79 Å². The largest absolute Gasteiger partial charge is 0.487 e. The Labute approximate surface area is 184 Å². The van der Waals surface area contributed by atoms with Crippen molar-refractivity contribution in [2.45, 2.75) is 39.2 Å². The van der Waals surface area contributed by atoms with E-state index in [4.69, 9.17) is 4.74 Å². The Morgan fingerprint density at radius 3 is 2.58 bits per heavy atom. The third-order valence-corrected chi connectivity index (χ3v) is 6.10. The number of amides is 3. The fourth-order valence-electron chi connectivity index (χ4n) is 4.35. The first-order valence-electron chi connectivity index (χ1n) is 11.2. The second kappa shape index (κ2) is 9.41. The van der Waals surface area contributed by atoms with Crippen LogP contribution in [0.3, 0.4) is 0 Å². The molecule has 1 fully saturated rings. The maximum absolute atomic E-state index is 13.3. The molecule has 4 rings (SSSR count). The Kier molecular flexibility index (Phi) is 6.44. The van der Waals surface area contributed by atoms with E-state index in [9.17, 15) is 9.59 Å². The molecular formula is C25H31N3O3. The first kappa shape index (κ1) is 21.2. The minimum absolute atomic E-state index is 0.00457. The van der Waals surface area contributed by atoms with Crippen LogP contribution in [0.5, 0.6) is 5.75 Å². The zero-order chi connectivity index (χ0) is 21.8. The van der Waals surface area contributed by atoms with Gasteiger partial charge in [0.1, 0.15) is 11.9 Å². The third-order valence-electron chi connectivity index (χ3n) is 6.10. The molecule has 0 radical (unpaired) electrons. The van der Waals surface area contributed by atoms with Gasteiger partial charge in [0.2, 0.25) is 5.91 Å². The molecule has 2 aliphatic heterocycles. The Bertz CT molecular complexity index is 923. The molecule has 2 aromatic carbocycles. The van der Waals surface area contributed by atoms with E-state index in [1.807, 2.05) is 60.0 Å². The molecule has 0 aliphatic carbocycles. The molecule has 2 heterocycles. The number of nitrogens with zero attached hydrogens (tertiary/aromatic N) is 2. The molecule has 0 bridgehead atoms. The number of likely N-dealkylation sites (tertiary alicyclic amines) is 1. The molecule has 31 heavy (non-hydrogen) atoms. The van der Waals surface area contributed by atoms with E-state index in [1.54, 1.807) is 0 Å². The number of carbonyl (C=O) groups excluding carboxylic acids is 2. The fourth-order valence-corrected chi connectivity index (χ4v) is 4.35. The van der Waals surface area contributed by atoms with Crippen LogP contribution in [0.1, 0.15) is 30.9 Å². The number of hydrogen-bond acceptors (Lipinski definition) is 3. The highest BCUT2D eigenvalue weighted by atomic mass is 16.5. The highest BCUT2D eigenvalue weighted by molar-refractivity contribution is 5.94. The average Bonchev–Trinajstić information content (AvgIpc) is 2.79. The number of benzene rings is 2. The molecule has 2 aromatic rings. The predicted molar refractivity (Wildman–Crippen MR) is 121 cm³/mol. The molecule has 2 aliphatic rings. The first-order chi connectivity index (χ1) is 15.0. The van der Waals surface area contributed by atoms with Gasteiger partial charge in [0, 0.05) is 25.6 Å². The molecule has 0 aromatic heterocycles. The molecule has 6 nitrogen and oxygen atoms in total. The van der Waals surface area contributed by atoms with Gasteiger partial charge < -0.3 is 15.0 Å².